The number of alkyl halides is 2. The molecule has 152 valence electrons. The molecule has 2 aromatic carbocycles. The van der Waals surface area contributed by atoms with Crippen LogP contribution in [0.2, 0.25) is 0 Å². The number of rotatable bonds is 6. The molecule has 4 nitrogen and oxygen atoms in total. The van der Waals surface area contributed by atoms with Gasteiger partial charge in [0.25, 0.3) is 12.3 Å². The lowest BCUT2D eigenvalue weighted by Gasteiger charge is -2.34. The Morgan fingerprint density at radius 1 is 1.07 bits per heavy atom. The van der Waals surface area contributed by atoms with Crippen molar-refractivity contribution in [2.24, 2.45) is 0 Å². The molecular weight excluding hydrogens is 412 g/mol. The van der Waals surface area contributed by atoms with Crippen LogP contribution in [0.3, 0.4) is 0 Å². The molecule has 0 radical (unpaired) electrons. The standard InChI is InChI=1S/C21H21F2N3OS2/c22-19(23)13-25-9-11-26(12-10-25)20(27)16-7-5-15(6-8-16)14-28-21-24-17-3-1-2-4-18(17)29-21/h1-8,19H,9-14H2. The molecule has 0 N–H and O–H groups in total. The molecule has 29 heavy (non-hydrogen) atoms. The highest BCUT2D eigenvalue weighted by Gasteiger charge is 2.23. The maximum atomic E-state index is 12.7. The third-order valence-corrected chi connectivity index (χ3v) is 7.14. The molecule has 0 bridgehead atoms. The van der Waals surface area contributed by atoms with Crippen LogP contribution in [0.15, 0.2) is 52.9 Å². The third kappa shape index (κ3) is 5.12. The number of hydrogen-bond acceptors (Lipinski definition) is 5. The van der Waals surface area contributed by atoms with Crippen LogP contribution >= 0.6 is 23.1 Å². The largest absolute Gasteiger partial charge is 0.336 e. The Morgan fingerprint density at radius 2 is 1.79 bits per heavy atom. The maximum Gasteiger partial charge on any atom is 0.253 e. The number of nitrogens with zero attached hydrogens (tertiary/aromatic N) is 3. The van der Waals surface area contributed by atoms with Crippen molar-refractivity contribution >= 4 is 39.2 Å². The van der Waals surface area contributed by atoms with Crippen molar-refractivity contribution in [1.29, 1.82) is 0 Å². The molecule has 0 aliphatic carbocycles. The van der Waals surface area contributed by atoms with Crippen LogP contribution in [0.5, 0.6) is 0 Å². The molecule has 4 rings (SSSR count). The quantitative estimate of drug-likeness (QED) is 0.532. The van der Waals surface area contributed by atoms with Gasteiger partial charge in [0.2, 0.25) is 0 Å². The zero-order valence-electron chi connectivity index (χ0n) is 15.8. The number of amides is 1. The van der Waals surface area contributed by atoms with Gasteiger partial charge in [0.05, 0.1) is 16.8 Å². The summed E-state index contributed by atoms with van der Waals surface area (Å²) in [6.07, 6.45) is -2.33. The zero-order valence-corrected chi connectivity index (χ0v) is 17.4. The Hall–Kier alpha value is -2.03. The van der Waals surface area contributed by atoms with E-state index in [0.29, 0.717) is 31.7 Å². The van der Waals surface area contributed by atoms with E-state index in [2.05, 4.69) is 11.1 Å². The fraction of sp³-hybridized carbons (Fsp3) is 0.333. The maximum absolute atomic E-state index is 12.7. The second-order valence-corrected chi connectivity index (χ2v) is 9.17. The fourth-order valence-electron chi connectivity index (χ4n) is 3.31. The first-order valence-electron chi connectivity index (χ1n) is 9.45. The van der Waals surface area contributed by atoms with Gasteiger partial charge in [0.15, 0.2) is 4.34 Å². The van der Waals surface area contributed by atoms with Crippen molar-refractivity contribution < 1.29 is 13.6 Å². The summed E-state index contributed by atoms with van der Waals surface area (Å²) in [4.78, 5) is 20.7. The minimum absolute atomic E-state index is 0.0351. The van der Waals surface area contributed by atoms with Gasteiger partial charge < -0.3 is 4.90 Å². The first-order valence-corrected chi connectivity index (χ1v) is 11.3. The highest BCUT2D eigenvalue weighted by molar-refractivity contribution is 8.00. The molecule has 1 aliphatic rings. The van der Waals surface area contributed by atoms with Crippen molar-refractivity contribution in [2.45, 2.75) is 16.5 Å². The number of hydrogen-bond donors (Lipinski definition) is 0. The average Bonchev–Trinajstić information content (AvgIpc) is 3.15. The molecule has 0 spiro atoms. The number of carbonyl (C=O) groups excluding carboxylic acids is 1. The summed E-state index contributed by atoms with van der Waals surface area (Å²) in [5, 5.41) is 0. The van der Waals surface area contributed by atoms with Crippen LogP contribution in [-0.4, -0.2) is 59.8 Å². The first-order chi connectivity index (χ1) is 14.1. The molecular formula is C21H21F2N3OS2. The minimum atomic E-state index is -2.33. The van der Waals surface area contributed by atoms with Crippen molar-refractivity contribution in [3.05, 3.63) is 59.7 Å². The fourth-order valence-corrected chi connectivity index (χ4v) is 5.34. The summed E-state index contributed by atoms with van der Waals surface area (Å²) in [5.41, 5.74) is 2.79. The summed E-state index contributed by atoms with van der Waals surface area (Å²) in [6.45, 7) is 1.74. The van der Waals surface area contributed by atoms with Gasteiger partial charge in [-0.05, 0) is 29.8 Å². The molecule has 2 heterocycles. The molecule has 1 fully saturated rings. The highest BCUT2D eigenvalue weighted by atomic mass is 32.2. The van der Waals surface area contributed by atoms with E-state index < -0.39 is 6.43 Å². The predicted molar refractivity (Wildman–Crippen MR) is 114 cm³/mol. The smallest absolute Gasteiger partial charge is 0.253 e. The molecule has 1 saturated heterocycles. The van der Waals surface area contributed by atoms with Gasteiger partial charge in [-0.25, -0.2) is 13.8 Å². The van der Waals surface area contributed by atoms with Crippen molar-refractivity contribution in [1.82, 2.24) is 14.8 Å². The van der Waals surface area contributed by atoms with Crippen LogP contribution in [-0.2, 0) is 5.75 Å². The summed E-state index contributed by atoms with van der Waals surface area (Å²) in [7, 11) is 0. The van der Waals surface area contributed by atoms with Crippen molar-refractivity contribution in [3.63, 3.8) is 0 Å². The van der Waals surface area contributed by atoms with Gasteiger partial charge in [-0.3, -0.25) is 9.69 Å². The van der Waals surface area contributed by atoms with Gasteiger partial charge in [-0.15, -0.1) is 11.3 Å². The first kappa shape index (κ1) is 20.3. The van der Waals surface area contributed by atoms with E-state index in [4.69, 9.17) is 0 Å². The topological polar surface area (TPSA) is 36.4 Å². The van der Waals surface area contributed by atoms with Crippen LogP contribution in [0.25, 0.3) is 10.2 Å². The van der Waals surface area contributed by atoms with Crippen LogP contribution in [0, 0.1) is 0 Å². The minimum Gasteiger partial charge on any atom is -0.336 e. The number of carbonyl (C=O) groups is 1. The number of thiazole rings is 1. The Bertz CT molecular complexity index is 936. The Kier molecular flexibility index (Phi) is 6.42. The molecule has 1 aliphatic heterocycles. The normalized spacial score (nSPS) is 15.3. The Morgan fingerprint density at radius 3 is 2.48 bits per heavy atom. The number of para-hydroxylation sites is 1. The third-order valence-electron chi connectivity index (χ3n) is 4.89. The van der Waals surface area contributed by atoms with Gasteiger partial charge in [-0.1, -0.05) is 36.0 Å². The molecule has 0 unspecified atom stereocenters. The predicted octanol–water partition coefficient (Wildman–Crippen LogP) is 4.61. The Balaban J connectivity index is 1.31. The number of fused-ring (bicyclic) bond motifs is 1. The van der Waals surface area contributed by atoms with Crippen molar-refractivity contribution in [2.75, 3.05) is 32.7 Å². The van der Waals surface area contributed by atoms with Gasteiger partial charge in [-0.2, -0.15) is 0 Å². The monoisotopic (exact) mass is 433 g/mol. The zero-order chi connectivity index (χ0) is 20.2. The summed E-state index contributed by atoms with van der Waals surface area (Å²) < 4.78 is 27.2. The van der Waals surface area contributed by atoms with Gasteiger partial charge in [0.1, 0.15) is 0 Å². The lowest BCUT2D eigenvalue weighted by atomic mass is 10.1. The summed E-state index contributed by atoms with van der Waals surface area (Å²) >= 11 is 3.38. The van der Waals surface area contributed by atoms with E-state index >= 15 is 0 Å². The highest BCUT2D eigenvalue weighted by Crippen LogP contribution is 2.31. The van der Waals surface area contributed by atoms with Crippen molar-refractivity contribution in [3.8, 4) is 0 Å². The SMILES string of the molecule is O=C(c1ccc(CSc2nc3ccccc3s2)cc1)N1CCN(CC(F)F)CC1. The second kappa shape index (κ2) is 9.19. The second-order valence-electron chi connectivity index (χ2n) is 6.92. The molecule has 8 heteroatoms. The molecule has 0 saturated carbocycles. The number of benzene rings is 2. The average molecular weight is 434 g/mol. The summed E-state index contributed by atoms with van der Waals surface area (Å²) in [6, 6.07) is 15.7. The van der Waals surface area contributed by atoms with E-state index in [-0.39, 0.29) is 12.5 Å². The van der Waals surface area contributed by atoms with E-state index in [0.717, 1.165) is 21.2 Å². The van der Waals surface area contributed by atoms with Gasteiger partial charge in [0, 0.05) is 37.5 Å². The van der Waals surface area contributed by atoms with Crippen LogP contribution in [0.1, 0.15) is 15.9 Å². The summed E-state index contributed by atoms with van der Waals surface area (Å²) in [5.74, 6) is 0.757. The van der Waals surface area contributed by atoms with E-state index in [1.165, 1.54) is 4.70 Å². The van der Waals surface area contributed by atoms with E-state index in [9.17, 15) is 13.6 Å². The van der Waals surface area contributed by atoms with E-state index in [1.54, 1.807) is 32.9 Å². The number of thioether (sulfide) groups is 1. The lowest BCUT2D eigenvalue weighted by Crippen LogP contribution is -2.49. The Labute approximate surface area is 176 Å². The molecule has 3 aromatic rings. The molecule has 1 amide bonds. The van der Waals surface area contributed by atoms with Gasteiger partial charge >= 0.3 is 0 Å². The van der Waals surface area contributed by atoms with E-state index in [1.807, 2.05) is 42.5 Å². The number of halogens is 2. The molecule has 1 aromatic heterocycles. The van der Waals surface area contributed by atoms with Crippen LogP contribution in [0.4, 0.5) is 8.78 Å². The van der Waals surface area contributed by atoms with Crippen LogP contribution < -0.4 is 0 Å². The molecule has 0 atom stereocenters. The number of aromatic nitrogens is 1. The number of piperazine rings is 1. The lowest BCUT2D eigenvalue weighted by molar-refractivity contribution is 0.0459.